The van der Waals surface area contributed by atoms with Crippen LogP contribution in [0.15, 0.2) is 18.2 Å². The maximum Gasteiger partial charge on any atom is 0.140 e. The molecule has 1 aromatic rings. The van der Waals surface area contributed by atoms with Crippen molar-refractivity contribution in [3.8, 4) is 0 Å². The highest BCUT2D eigenvalue weighted by Gasteiger charge is 2.49. The smallest absolute Gasteiger partial charge is 0.140 e. The molecule has 0 amide bonds. The predicted octanol–water partition coefficient (Wildman–Crippen LogP) is 4.15. The van der Waals surface area contributed by atoms with E-state index < -0.39 is 0 Å². The molecule has 0 spiro atoms. The van der Waals surface area contributed by atoms with Gasteiger partial charge < -0.3 is 0 Å². The first-order valence-electron chi connectivity index (χ1n) is 5.37. The number of ketones is 1. The molecule has 0 aliphatic heterocycles. The number of rotatable bonds is 3. The van der Waals surface area contributed by atoms with Gasteiger partial charge in [-0.15, -0.1) is 0 Å². The molecule has 0 heterocycles. The molecule has 3 heteroatoms. The average Bonchev–Trinajstić information content (AvgIpc) is 2.82. The van der Waals surface area contributed by atoms with E-state index in [1.165, 1.54) is 0 Å². The molecule has 1 aliphatic rings. The fourth-order valence-electron chi connectivity index (χ4n) is 2.02. The fraction of sp³-hybridized carbons (Fsp3) is 0.462. The summed E-state index contributed by atoms with van der Waals surface area (Å²) >= 11 is 12.1. The third kappa shape index (κ3) is 2.26. The predicted molar refractivity (Wildman–Crippen MR) is 67.1 cm³/mol. The Balaban J connectivity index is 2.13. The maximum atomic E-state index is 12.0. The Morgan fingerprint density at radius 3 is 2.31 bits per heavy atom. The van der Waals surface area contributed by atoms with Gasteiger partial charge in [-0.2, -0.15) is 0 Å². The number of Topliss-reactive ketones (excluding diaryl/α,β-unsaturated/α-hetero) is 1. The minimum absolute atomic E-state index is 0.171. The molecule has 1 fully saturated rings. The van der Waals surface area contributed by atoms with Crippen LogP contribution in [0.5, 0.6) is 0 Å². The molecular weight excluding hydrogens is 243 g/mol. The molecule has 1 atom stereocenters. The second kappa shape index (κ2) is 4.05. The van der Waals surface area contributed by atoms with Crippen LogP contribution in [0.25, 0.3) is 0 Å². The van der Waals surface area contributed by atoms with Crippen LogP contribution < -0.4 is 0 Å². The molecule has 86 valence electrons. The molecule has 0 bridgehead atoms. The van der Waals surface area contributed by atoms with E-state index in [1.54, 1.807) is 18.2 Å². The van der Waals surface area contributed by atoms with E-state index in [9.17, 15) is 4.79 Å². The normalized spacial score (nSPS) is 21.9. The summed E-state index contributed by atoms with van der Waals surface area (Å²) in [5.74, 6) is 0.430. The van der Waals surface area contributed by atoms with Gasteiger partial charge in [0.2, 0.25) is 0 Å². The zero-order valence-corrected chi connectivity index (χ0v) is 10.9. The Bertz CT molecular complexity index is 417. The van der Waals surface area contributed by atoms with Crippen LogP contribution in [0.3, 0.4) is 0 Å². The average molecular weight is 257 g/mol. The summed E-state index contributed by atoms with van der Waals surface area (Å²) < 4.78 is 0. The summed E-state index contributed by atoms with van der Waals surface area (Å²) in [6.45, 7) is 4.23. The van der Waals surface area contributed by atoms with Crippen LogP contribution >= 0.6 is 23.2 Å². The van der Waals surface area contributed by atoms with Crippen molar-refractivity contribution in [2.75, 3.05) is 0 Å². The van der Waals surface area contributed by atoms with E-state index in [1.807, 2.05) is 0 Å². The Hall–Kier alpha value is -0.530. The van der Waals surface area contributed by atoms with Crippen LogP contribution in [0, 0.1) is 11.3 Å². The van der Waals surface area contributed by atoms with E-state index in [-0.39, 0.29) is 17.1 Å². The van der Waals surface area contributed by atoms with Gasteiger partial charge in [-0.25, -0.2) is 0 Å². The summed E-state index contributed by atoms with van der Waals surface area (Å²) in [6.07, 6.45) is 1.33. The highest BCUT2D eigenvalue weighted by molar-refractivity contribution is 6.36. The minimum atomic E-state index is 0.171. The van der Waals surface area contributed by atoms with E-state index in [4.69, 9.17) is 23.2 Å². The van der Waals surface area contributed by atoms with Gasteiger partial charge in [0.15, 0.2) is 0 Å². The molecule has 16 heavy (non-hydrogen) atoms. The van der Waals surface area contributed by atoms with Gasteiger partial charge in [0.05, 0.1) is 0 Å². The third-order valence-corrected chi connectivity index (χ3v) is 4.02. The molecule has 0 aromatic heterocycles. The van der Waals surface area contributed by atoms with E-state index in [0.717, 1.165) is 12.0 Å². The minimum Gasteiger partial charge on any atom is -0.299 e. The van der Waals surface area contributed by atoms with Crippen molar-refractivity contribution in [1.29, 1.82) is 0 Å². The Labute approximate surface area is 106 Å². The fourth-order valence-corrected chi connectivity index (χ4v) is 2.55. The van der Waals surface area contributed by atoms with Crippen LogP contribution in [-0.2, 0) is 11.2 Å². The van der Waals surface area contributed by atoms with Crippen molar-refractivity contribution in [1.82, 2.24) is 0 Å². The highest BCUT2D eigenvalue weighted by Crippen LogP contribution is 2.52. The second-order valence-electron chi connectivity index (χ2n) is 5.09. The molecule has 1 saturated carbocycles. The molecule has 1 aliphatic carbocycles. The molecule has 1 aromatic carbocycles. The van der Waals surface area contributed by atoms with E-state index >= 15 is 0 Å². The van der Waals surface area contributed by atoms with Gasteiger partial charge in [-0.3, -0.25) is 4.79 Å². The molecular formula is C13H14Cl2O. The van der Waals surface area contributed by atoms with Crippen molar-refractivity contribution >= 4 is 29.0 Å². The Morgan fingerprint density at radius 1 is 1.38 bits per heavy atom. The largest absolute Gasteiger partial charge is 0.299 e. The summed E-state index contributed by atoms with van der Waals surface area (Å²) in [5, 5.41) is 1.17. The first-order valence-corrected chi connectivity index (χ1v) is 6.13. The van der Waals surface area contributed by atoms with E-state index in [0.29, 0.717) is 16.5 Å². The second-order valence-corrected chi connectivity index (χ2v) is 5.90. The first kappa shape index (κ1) is 11.9. The molecule has 0 radical (unpaired) electrons. The lowest BCUT2D eigenvalue weighted by Crippen LogP contribution is -2.09. The zero-order valence-electron chi connectivity index (χ0n) is 9.39. The van der Waals surface area contributed by atoms with Gasteiger partial charge in [0, 0.05) is 22.4 Å². The number of halogens is 2. The number of hydrogen-bond acceptors (Lipinski definition) is 1. The lowest BCUT2D eigenvalue weighted by molar-refractivity contribution is -0.120. The van der Waals surface area contributed by atoms with Gasteiger partial charge >= 0.3 is 0 Å². The number of benzene rings is 1. The van der Waals surface area contributed by atoms with Gasteiger partial charge in [0.1, 0.15) is 5.78 Å². The number of carbonyl (C=O) groups excluding carboxylic acids is 1. The summed E-state index contributed by atoms with van der Waals surface area (Å²) in [7, 11) is 0. The lowest BCUT2D eigenvalue weighted by atomic mass is 10.0. The van der Waals surface area contributed by atoms with Crippen LogP contribution in [0.4, 0.5) is 0 Å². The standard InChI is InChI=1S/C13H14Cl2O/c1-13(2)7-9(13)12(16)6-8-10(14)4-3-5-11(8)15/h3-5,9H,6-7H2,1-2H3. The summed E-state index contributed by atoms with van der Waals surface area (Å²) in [6, 6.07) is 5.34. The monoisotopic (exact) mass is 256 g/mol. The van der Waals surface area contributed by atoms with Crippen molar-refractivity contribution < 1.29 is 4.79 Å². The first-order chi connectivity index (χ1) is 7.42. The SMILES string of the molecule is CC1(C)CC1C(=O)Cc1c(Cl)cccc1Cl. The highest BCUT2D eigenvalue weighted by atomic mass is 35.5. The molecule has 2 rings (SSSR count). The number of carbonyl (C=O) groups is 1. The Morgan fingerprint density at radius 2 is 1.88 bits per heavy atom. The van der Waals surface area contributed by atoms with Gasteiger partial charge in [-0.1, -0.05) is 43.1 Å². The quantitative estimate of drug-likeness (QED) is 0.794. The topological polar surface area (TPSA) is 17.1 Å². The maximum absolute atomic E-state index is 12.0. The van der Waals surface area contributed by atoms with Crippen LogP contribution in [0.1, 0.15) is 25.8 Å². The van der Waals surface area contributed by atoms with Crippen LogP contribution in [-0.4, -0.2) is 5.78 Å². The Kier molecular flexibility index (Phi) is 3.02. The van der Waals surface area contributed by atoms with Crippen LogP contribution in [0.2, 0.25) is 10.0 Å². The van der Waals surface area contributed by atoms with Crippen molar-refractivity contribution in [2.24, 2.45) is 11.3 Å². The summed E-state index contributed by atoms with van der Waals surface area (Å²) in [4.78, 5) is 12.0. The van der Waals surface area contributed by atoms with Crippen molar-refractivity contribution in [3.05, 3.63) is 33.8 Å². The summed E-state index contributed by atoms with van der Waals surface area (Å²) in [5.41, 5.74) is 0.934. The molecule has 0 N–H and O–H groups in total. The number of hydrogen-bond donors (Lipinski definition) is 0. The van der Waals surface area contributed by atoms with Gasteiger partial charge in [0.25, 0.3) is 0 Å². The van der Waals surface area contributed by atoms with Crippen molar-refractivity contribution in [3.63, 3.8) is 0 Å². The molecule has 1 unspecified atom stereocenters. The third-order valence-electron chi connectivity index (χ3n) is 3.31. The molecule has 1 nitrogen and oxygen atoms in total. The van der Waals surface area contributed by atoms with Gasteiger partial charge in [-0.05, 0) is 29.5 Å². The van der Waals surface area contributed by atoms with Crippen molar-refractivity contribution in [2.45, 2.75) is 26.7 Å². The molecule has 0 saturated heterocycles. The lowest BCUT2D eigenvalue weighted by Gasteiger charge is -2.07. The van der Waals surface area contributed by atoms with E-state index in [2.05, 4.69) is 13.8 Å². The zero-order chi connectivity index (χ0) is 11.9.